The van der Waals surface area contributed by atoms with E-state index >= 15 is 0 Å². The minimum atomic E-state index is -4.60. The Kier molecular flexibility index (Phi) is 4.24. The molecule has 1 heterocycles. The third-order valence-corrected chi connectivity index (χ3v) is 3.87. The lowest BCUT2D eigenvalue weighted by molar-refractivity contribution is -0.142. The van der Waals surface area contributed by atoms with Crippen LogP contribution in [0.4, 0.5) is 13.2 Å². The van der Waals surface area contributed by atoms with Gasteiger partial charge >= 0.3 is 18.1 Å². The number of hydrogen-bond acceptors (Lipinski definition) is 4. The Labute approximate surface area is 141 Å². The molecule has 0 radical (unpaired) electrons. The molecule has 130 valence electrons. The van der Waals surface area contributed by atoms with Gasteiger partial charge in [0.05, 0.1) is 11.1 Å². The maximum Gasteiger partial charge on any atom is 0.417 e. The van der Waals surface area contributed by atoms with Crippen molar-refractivity contribution >= 4 is 11.9 Å². The van der Waals surface area contributed by atoms with Crippen LogP contribution in [0.1, 0.15) is 34.0 Å². The molecule has 0 spiro atoms. The Morgan fingerprint density at radius 2 is 1.88 bits per heavy atom. The van der Waals surface area contributed by atoms with Crippen LogP contribution in [0.5, 0.6) is 0 Å². The molecule has 0 fully saturated rings. The predicted molar refractivity (Wildman–Crippen MR) is 81.5 cm³/mol. The lowest BCUT2D eigenvalue weighted by Gasteiger charge is -2.18. The summed E-state index contributed by atoms with van der Waals surface area (Å²) in [5.41, 5.74) is -0.0244. The van der Waals surface area contributed by atoms with E-state index in [-0.39, 0.29) is 29.9 Å². The van der Waals surface area contributed by atoms with Crippen molar-refractivity contribution in [1.29, 1.82) is 0 Å². The van der Waals surface area contributed by atoms with E-state index in [0.29, 0.717) is 11.1 Å². The summed E-state index contributed by atoms with van der Waals surface area (Å²) in [5.74, 6) is -1.26. The summed E-state index contributed by atoms with van der Waals surface area (Å²) in [5, 5.41) is 0. The van der Waals surface area contributed by atoms with Gasteiger partial charge in [0.15, 0.2) is 0 Å². The van der Waals surface area contributed by atoms with Gasteiger partial charge in [-0.3, -0.25) is 4.79 Å². The van der Waals surface area contributed by atoms with E-state index in [1.807, 2.05) is 0 Å². The Morgan fingerprint density at radius 3 is 2.56 bits per heavy atom. The smallest absolute Gasteiger partial charge is 0.417 e. The predicted octanol–water partition coefficient (Wildman–Crippen LogP) is 4.11. The minimum absolute atomic E-state index is 0.00317. The second kappa shape index (κ2) is 6.23. The van der Waals surface area contributed by atoms with E-state index in [1.54, 1.807) is 12.1 Å². The fraction of sp³-hybridized carbons (Fsp3) is 0.222. The molecule has 0 saturated carbocycles. The zero-order valence-corrected chi connectivity index (χ0v) is 13.1. The average molecular weight is 350 g/mol. The first kappa shape index (κ1) is 17.0. The van der Waals surface area contributed by atoms with Gasteiger partial charge in [-0.15, -0.1) is 0 Å². The van der Waals surface area contributed by atoms with E-state index in [9.17, 15) is 22.8 Å². The quantitative estimate of drug-likeness (QED) is 0.782. The SMILES string of the molecule is CC(=O)OCc1ccc2c(c1-c1ccccc1C(F)(F)F)C(=O)OC2. The summed E-state index contributed by atoms with van der Waals surface area (Å²) in [6.07, 6.45) is -4.60. The van der Waals surface area contributed by atoms with Crippen molar-refractivity contribution in [2.75, 3.05) is 0 Å². The van der Waals surface area contributed by atoms with Crippen molar-refractivity contribution in [1.82, 2.24) is 0 Å². The van der Waals surface area contributed by atoms with Crippen LogP contribution in [0, 0.1) is 0 Å². The number of carbonyl (C=O) groups excluding carboxylic acids is 2. The molecule has 0 bridgehead atoms. The van der Waals surface area contributed by atoms with Gasteiger partial charge in [-0.1, -0.05) is 30.3 Å². The maximum absolute atomic E-state index is 13.4. The van der Waals surface area contributed by atoms with Crippen LogP contribution in [0.15, 0.2) is 36.4 Å². The van der Waals surface area contributed by atoms with Crippen LogP contribution < -0.4 is 0 Å². The van der Waals surface area contributed by atoms with Crippen molar-refractivity contribution in [2.24, 2.45) is 0 Å². The number of halogens is 3. The molecule has 25 heavy (non-hydrogen) atoms. The van der Waals surface area contributed by atoms with Crippen LogP contribution in [0.25, 0.3) is 11.1 Å². The lowest BCUT2D eigenvalue weighted by atomic mass is 9.89. The molecule has 3 rings (SSSR count). The second-order valence-corrected chi connectivity index (χ2v) is 5.53. The van der Waals surface area contributed by atoms with Crippen molar-refractivity contribution in [3.8, 4) is 11.1 Å². The molecule has 2 aromatic rings. The third-order valence-electron chi connectivity index (χ3n) is 3.87. The Hall–Kier alpha value is -2.83. The first-order valence-electron chi connectivity index (χ1n) is 7.41. The number of benzene rings is 2. The molecular formula is C18H13F3O4. The van der Waals surface area contributed by atoms with Crippen LogP contribution >= 0.6 is 0 Å². The Balaban J connectivity index is 2.26. The number of ether oxygens (including phenoxy) is 2. The van der Waals surface area contributed by atoms with Crippen molar-refractivity contribution in [2.45, 2.75) is 26.3 Å². The van der Waals surface area contributed by atoms with Gasteiger partial charge in [0, 0.05) is 18.1 Å². The first-order valence-corrected chi connectivity index (χ1v) is 7.41. The third kappa shape index (κ3) is 3.22. The summed E-state index contributed by atoms with van der Waals surface area (Å²) < 4.78 is 50.2. The Bertz CT molecular complexity index is 856. The Morgan fingerprint density at radius 1 is 1.16 bits per heavy atom. The molecule has 0 atom stereocenters. The van der Waals surface area contributed by atoms with Crippen LogP contribution in [0.3, 0.4) is 0 Å². The minimum Gasteiger partial charge on any atom is -0.461 e. The number of cyclic esters (lactones) is 1. The van der Waals surface area contributed by atoms with Gasteiger partial charge in [-0.25, -0.2) is 4.79 Å². The lowest BCUT2D eigenvalue weighted by Crippen LogP contribution is -2.11. The highest BCUT2D eigenvalue weighted by Crippen LogP contribution is 2.42. The molecule has 0 aromatic heterocycles. The average Bonchev–Trinajstić information content (AvgIpc) is 2.93. The summed E-state index contributed by atoms with van der Waals surface area (Å²) in [7, 11) is 0. The van der Waals surface area contributed by atoms with E-state index in [1.165, 1.54) is 25.1 Å². The maximum atomic E-state index is 13.4. The van der Waals surface area contributed by atoms with Gasteiger partial charge in [0.2, 0.25) is 0 Å². The fourth-order valence-corrected chi connectivity index (χ4v) is 2.81. The first-order chi connectivity index (χ1) is 11.8. The van der Waals surface area contributed by atoms with Gasteiger partial charge in [-0.05, 0) is 17.2 Å². The highest BCUT2D eigenvalue weighted by Gasteiger charge is 2.36. The largest absolute Gasteiger partial charge is 0.461 e. The number of alkyl halides is 3. The molecular weight excluding hydrogens is 337 g/mol. The van der Waals surface area contributed by atoms with Crippen LogP contribution in [-0.4, -0.2) is 11.9 Å². The standard InChI is InChI=1S/C18H13F3O4/c1-10(22)24-8-11-6-7-12-9-25-17(23)16(12)15(11)13-4-2-3-5-14(13)18(19,20)21/h2-7H,8-9H2,1H3. The van der Waals surface area contributed by atoms with E-state index in [2.05, 4.69) is 0 Å². The van der Waals surface area contributed by atoms with E-state index in [0.717, 1.165) is 6.07 Å². The van der Waals surface area contributed by atoms with Crippen molar-refractivity contribution < 1.29 is 32.2 Å². The van der Waals surface area contributed by atoms with Crippen LogP contribution in [0.2, 0.25) is 0 Å². The molecule has 0 amide bonds. The van der Waals surface area contributed by atoms with Gasteiger partial charge in [0.25, 0.3) is 0 Å². The fourth-order valence-electron chi connectivity index (χ4n) is 2.81. The number of rotatable bonds is 3. The molecule has 0 saturated heterocycles. The van der Waals surface area contributed by atoms with E-state index in [4.69, 9.17) is 9.47 Å². The number of fused-ring (bicyclic) bond motifs is 1. The van der Waals surface area contributed by atoms with Gasteiger partial charge in [0.1, 0.15) is 13.2 Å². The molecule has 2 aromatic carbocycles. The topological polar surface area (TPSA) is 52.6 Å². The number of esters is 2. The van der Waals surface area contributed by atoms with Crippen LogP contribution in [-0.2, 0) is 33.7 Å². The monoisotopic (exact) mass is 350 g/mol. The highest BCUT2D eigenvalue weighted by atomic mass is 19.4. The van der Waals surface area contributed by atoms with Gasteiger partial charge < -0.3 is 9.47 Å². The molecule has 1 aliphatic rings. The molecule has 0 N–H and O–H groups in total. The molecule has 1 aliphatic heterocycles. The highest BCUT2D eigenvalue weighted by molar-refractivity contribution is 6.02. The normalized spacial score (nSPS) is 13.4. The van der Waals surface area contributed by atoms with Crippen molar-refractivity contribution in [3.05, 3.63) is 58.7 Å². The number of hydrogen-bond donors (Lipinski definition) is 0. The second-order valence-electron chi connectivity index (χ2n) is 5.53. The molecule has 4 nitrogen and oxygen atoms in total. The molecule has 7 heteroatoms. The zero-order valence-electron chi connectivity index (χ0n) is 13.1. The van der Waals surface area contributed by atoms with Gasteiger partial charge in [-0.2, -0.15) is 13.2 Å². The van der Waals surface area contributed by atoms with E-state index < -0.39 is 23.7 Å². The molecule has 0 aliphatic carbocycles. The molecule has 0 unspecified atom stereocenters. The van der Waals surface area contributed by atoms with Crippen molar-refractivity contribution in [3.63, 3.8) is 0 Å². The summed E-state index contributed by atoms with van der Waals surface area (Å²) >= 11 is 0. The zero-order chi connectivity index (χ0) is 18.2. The summed E-state index contributed by atoms with van der Waals surface area (Å²) in [6, 6.07) is 8.12. The summed E-state index contributed by atoms with van der Waals surface area (Å²) in [6.45, 7) is 0.964. The summed E-state index contributed by atoms with van der Waals surface area (Å²) in [4.78, 5) is 23.2. The number of carbonyl (C=O) groups is 2.